The van der Waals surface area contributed by atoms with E-state index in [1.807, 2.05) is 0 Å². The Morgan fingerprint density at radius 1 is 1.60 bits per heavy atom. The zero-order chi connectivity index (χ0) is 7.98. The van der Waals surface area contributed by atoms with Gasteiger partial charge in [0, 0.05) is 6.08 Å². The third-order valence-corrected chi connectivity index (χ3v) is 1.31. The smallest absolute Gasteiger partial charge is 0.328 e. The third kappa shape index (κ3) is 7.03. The molecule has 4 nitrogen and oxygen atoms in total. The number of amides is 1. The molecular weight excluding hydrogens is 154 g/mol. The summed E-state index contributed by atoms with van der Waals surface area (Å²) in [5.41, 5.74) is 4.77. The first-order chi connectivity index (χ1) is 4.63. The molecule has 0 aliphatic carbocycles. The van der Waals surface area contributed by atoms with Gasteiger partial charge in [-0.05, 0) is 5.41 Å². The van der Waals surface area contributed by atoms with Gasteiger partial charge >= 0.3 is 5.97 Å². The van der Waals surface area contributed by atoms with Gasteiger partial charge in [-0.1, -0.05) is 0 Å². The van der Waals surface area contributed by atoms with E-state index >= 15 is 0 Å². The summed E-state index contributed by atoms with van der Waals surface area (Å²) in [6.07, 6.45) is 0.952. The number of carboxylic acid groups (broad SMARTS) is 1. The lowest BCUT2D eigenvalue weighted by atomic mass is 10.7. The van der Waals surface area contributed by atoms with Gasteiger partial charge < -0.3 is 10.8 Å². The van der Waals surface area contributed by atoms with Gasteiger partial charge in [-0.2, -0.15) is 0 Å². The number of nitrogens with two attached hydrogens (primary N) is 1. The fourth-order valence-corrected chi connectivity index (χ4v) is 0.710. The molecule has 0 fully saturated rings. The van der Waals surface area contributed by atoms with E-state index in [0.29, 0.717) is 0 Å². The number of carbonyl (C=O) groups excluding carboxylic acids is 1. The van der Waals surface area contributed by atoms with Crippen LogP contribution in [0.15, 0.2) is 11.5 Å². The maximum Gasteiger partial charge on any atom is 0.328 e. The lowest BCUT2D eigenvalue weighted by Crippen LogP contribution is -2.12. The maximum atomic E-state index is 10.1. The number of carboxylic acids is 1. The van der Waals surface area contributed by atoms with E-state index in [4.69, 9.17) is 10.8 Å². The summed E-state index contributed by atoms with van der Waals surface area (Å²) >= 11 is 1.05. The second-order valence-electron chi connectivity index (χ2n) is 1.42. The average Bonchev–Trinajstić information content (AvgIpc) is 1.79. The van der Waals surface area contributed by atoms with Crippen LogP contribution >= 0.6 is 11.8 Å². The Bertz CT molecular complexity index is 166. The average molecular weight is 161 g/mol. The topological polar surface area (TPSA) is 80.4 Å². The van der Waals surface area contributed by atoms with Crippen molar-refractivity contribution in [2.24, 2.45) is 5.73 Å². The Balaban J connectivity index is 3.36. The van der Waals surface area contributed by atoms with Crippen LogP contribution in [0.2, 0.25) is 0 Å². The lowest BCUT2D eigenvalue weighted by molar-refractivity contribution is -0.131. The highest BCUT2D eigenvalue weighted by atomic mass is 32.2. The van der Waals surface area contributed by atoms with Crippen LogP contribution in [0.1, 0.15) is 0 Å². The number of primary amides is 1. The molecule has 0 atom stereocenters. The monoisotopic (exact) mass is 161 g/mol. The summed E-state index contributed by atoms with van der Waals surface area (Å²) in [4.78, 5) is 19.9. The fraction of sp³-hybridized carbons (Fsp3) is 0.200. The highest BCUT2D eigenvalue weighted by molar-refractivity contribution is 8.02. The number of hydrogen-bond acceptors (Lipinski definition) is 3. The van der Waals surface area contributed by atoms with Crippen LogP contribution in [0.3, 0.4) is 0 Å². The molecular formula is C5H7NO3S. The molecule has 0 saturated carbocycles. The Morgan fingerprint density at radius 3 is 2.60 bits per heavy atom. The molecule has 0 aliphatic rings. The normalized spacial score (nSPS) is 10.0. The van der Waals surface area contributed by atoms with E-state index in [-0.39, 0.29) is 5.75 Å². The van der Waals surface area contributed by atoms with Crippen LogP contribution in [0, 0.1) is 0 Å². The zero-order valence-corrected chi connectivity index (χ0v) is 5.93. The minimum Gasteiger partial charge on any atom is -0.478 e. The molecule has 0 aromatic heterocycles. The van der Waals surface area contributed by atoms with E-state index < -0.39 is 11.9 Å². The van der Waals surface area contributed by atoms with Crippen LogP contribution in [-0.4, -0.2) is 22.7 Å². The molecule has 0 heterocycles. The molecule has 3 N–H and O–H groups in total. The Kier molecular flexibility index (Phi) is 4.39. The highest BCUT2D eigenvalue weighted by Crippen LogP contribution is 1.99. The predicted molar refractivity (Wildman–Crippen MR) is 38.4 cm³/mol. The molecule has 0 unspecified atom stereocenters. The largest absolute Gasteiger partial charge is 0.478 e. The van der Waals surface area contributed by atoms with Gasteiger partial charge in [0.1, 0.15) is 0 Å². The van der Waals surface area contributed by atoms with Crippen LogP contribution < -0.4 is 5.73 Å². The van der Waals surface area contributed by atoms with Crippen molar-refractivity contribution < 1.29 is 14.7 Å². The van der Waals surface area contributed by atoms with Gasteiger partial charge in [0.25, 0.3) is 0 Å². The van der Waals surface area contributed by atoms with Crippen molar-refractivity contribution in [2.45, 2.75) is 0 Å². The van der Waals surface area contributed by atoms with Crippen LogP contribution in [0.5, 0.6) is 0 Å². The number of hydrogen-bond donors (Lipinski definition) is 2. The minimum absolute atomic E-state index is 0.115. The SMILES string of the molecule is NC(=O)CS/C=C/C(=O)O. The van der Waals surface area contributed by atoms with Crippen molar-refractivity contribution in [1.29, 1.82) is 0 Å². The van der Waals surface area contributed by atoms with E-state index in [1.54, 1.807) is 0 Å². The van der Waals surface area contributed by atoms with Gasteiger partial charge in [-0.3, -0.25) is 4.79 Å². The molecule has 0 aromatic rings. The van der Waals surface area contributed by atoms with Crippen molar-refractivity contribution in [1.82, 2.24) is 0 Å². The van der Waals surface area contributed by atoms with Crippen LogP contribution in [0.25, 0.3) is 0 Å². The fourth-order valence-electron chi connectivity index (χ4n) is 0.237. The standard InChI is InChI=1S/C5H7NO3S/c6-4(7)3-10-2-1-5(8)9/h1-2H,3H2,(H2,6,7)(H,8,9)/b2-1+. The summed E-state index contributed by atoms with van der Waals surface area (Å²) in [5.74, 6) is -1.37. The molecule has 0 aromatic carbocycles. The molecule has 0 radical (unpaired) electrons. The molecule has 10 heavy (non-hydrogen) atoms. The Labute approximate surface area is 62.1 Å². The van der Waals surface area contributed by atoms with Crippen molar-refractivity contribution in [3.8, 4) is 0 Å². The molecule has 0 saturated heterocycles. The van der Waals surface area contributed by atoms with E-state index in [0.717, 1.165) is 17.8 Å². The Hall–Kier alpha value is -0.970. The second-order valence-corrected chi connectivity index (χ2v) is 2.31. The molecule has 0 aliphatic heterocycles. The quantitative estimate of drug-likeness (QED) is 0.560. The van der Waals surface area contributed by atoms with Crippen LogP contribution in [0.4, 0.5) is 0 Å². The van der Waals surface area contributed by atoms with Crippen molar-refractivity contribution in [3.63, 3.8) is 0 Å². The summed E-state index contributed by atoms with van der Waals surface area (Å²) < 4.78 is 0. The number of carbonyl (C=O) groups is 2. The lowest BCUT2D eigenvalue weighted by Gasteiger charge is -1.85. The summed E-state index contributed by atoms with van der Waals surface area (Å²) in [7, 11) is 0. The van der Waals surface area contributed by atoms with Gasteiger partial charge in [-0.15, -0.1) is 11.8 Å². The zero-order valence-electron chi connectivity index (χ0n) is 5.11. The Morgan fingerprint density at radius 2 is 2.20 bits per heavy atom. The molecule has 1 amide bonds. The van der Waals surface area contributed by atoms with Gasteiger partial charge in [0.05, 0.1) is 5.75 Å². The molecule has 0 rings (SSSR count). The predicted octanol–water partition coefficient (Wildman–Crippen LogP) is -0.197. The second kappa shape index (κ2) is 4.87. The first-order valence-corrected chi connectivity index (χ1v) is 3.47. The number of rotatable bonds is 4. The van der Waals surface area contributed by atoms with E-state index in [2.05, 4.69) is 0 Å². The van der Waals surface area contributed by atoms with Gasteiger partial charge in [0.2, 0.25) is 5.91 Å². The summed E-state index contributed by atoms with van der Waals surface area (Å²) in [5, 5.41) is 9.37. The first kappa shape index (κ1) is 9.03. The number of thioether (sulfide) groups is 1. The summed E-state index contributed by atoms with van der Waals surface area (Å²) in [6.45, 7) is 0. The number of aliphatic carboxylic acids is 1. The molecule has 0 spiro atoms. The summed E-state index contributed by atoms with van der Waals surface area (Å²) in [6, 6.07) is 0. The van der Waals surface area contributed by atoms with E-state index in [1.165, 1.54) is 5.41 Å². The molecule has 0 bridgehead atoms. The highest BCUT2D eigenvalue weighted by Gasteiger charge is 1.90. The maximum absolute atomic E-state index is 10.1. The molecule has 5 heteroatoms. The van der Waals surface area contributed by atoms with Gasteiger partial charge in [-0.25, -0.2) is 4.79 Å². The van der Waals surface area contributed by atoms with Crippen LogP contribution in [-0.2, 0) is 9.59 Å². The third-order valence-electron chi connectivity index (χ3n) is 0.532. The van der Waals surface area contributed by atoms with E-state index in [9.17, 15) is 9.59 Å². The molecule has 56 valence electrons. The van der Waals surface area contributed by atoms with Crippen molar-refractivity contribution >= 4 is 23.6 Å². The van der Waals surface area contributed by atoms with Crippen molar-refractivity contribution in [3.05, 3.63) is 11.5 Å². The first-order valence-electron chi connectivity index (χ1n) is 2.42. The minimum atomic E-state index is -1.03. The van der Waals surface area contributed by atoms with Gasteiger partial charge in [0.15, 0.2) is 0 Å². The van der Waals surface area contributed by atoms with Crippen molar-refractivity contribution in [2.75, 3.05) is 5.75 Å².